The third-order valence-corrected chi connectivity index (χ3v) is 2.94. The molecule has 1 unspecified atom stereocenters. The lowest BCUT2D eigenvalue weighted by Crippen LogP contribution is -2.15. The molecule has 0 amide bonds. The van der Waals surface area contributed by atoms with Gasteiger partial charge in [-0.1, -0.05) is 39.5 Å². The van der Waals surface area contributed by atoms with Crippen LogP contribution in [0.15, 0.2) is 6.33 Å². The molecule has 0 aliphatic rings. The van der Waals surface area contributed by atoms with Crippen molar-refractivity contribution in [2.45, 2.75) is 71.4 Å². The Morgan fingerprint density at radius 2 is 2.06 bits per heavy atom. The van der Waals surface area contributed by atoms with Crippen molar-refractivity contribution in [1.29, 1.82) is 0 Å². The molecule has 0 radical (unpaired) electrons. The highest BCUT2D eigenvalue weighted by Gasteiger charge is 2.10. The molecule has 1 N–H and O–H groups in total. The van der Waals surface area contributed by atoms with Crippen LogP contribution in [-0.4, -0.2) is 26.0 Å². The lowest BCUT2D eigenvalue weighted by atomic mass is 10.1. The Hall–Kier alpha value is -0.900. The van der Waals surface area contributed by atoms with Crippen LogP contribution in [0, 0.1) is 0 Å². The maximum absolute atomic E-state index is 9.93. The minimum atomic E-state index is -0.272. The zero-order valence-electron chi connectivity index (χ0n) is 11.1. The SMILES string of the molecule is CCCCCCC(O)Cc1ncnn1CCC. The van der Waals surface area contributed by atoms with Crippen LogP contribution in [-0.2, 0) is 13.0 Å². The molecular weight excluding hydrogens is 214 g/mol. The molecule has 0 aliphatic heterocycles. The quantitative estimate of drug-likeness (QED) is 0.674. The largest absolute Gasteiger partial charge is 0.393 e. The first kappa shape index (κ1) is 14.2. The van der Waals surface area contributed by atoms with Crippen molar-refractivity contribution in [1.82, 2.24) is 14.8 Å². The first-order chi connectivity index (χ1) is 8.27. The molecule has 1 rings (SSSR count). The van der Waals surface area contributed by atoms with Gasteiger partial charge in [-0.15, -0.1) is 0 Å². The van der Waals surface area contributed by atoms with Gasteiger partial charge in [0, 0.05) is 13.0 Å². The van der Waals surface area contributed by atoms with E-state index in [1.54, 1.807) is 6.33 Å². The lowest BCUT2D eigenvalue weighted by molar-refractivity contribution is 0.157. The number of unbranched alkanes of at least 4 members (excludes halogenated alkanes) is 3. The Kier molecular flexibility index (Phi) is 6.86. The molecule has 98 valence electrons. The molecule has 0 bridgehead atoms. The van der Waals surface area contributed by atoms with Gasteiger partial charge in [0.25, 0.3) is 0 Å². The summed E-state index contributed by atoms with van der Waals surface area (Å²) < 4.78 is 1.90. The van der Waals surface area contributed by atoms with E-state index in [0.717, 1.165) is 31.6 Å². The van der Waals surface area contributed by atoms with Gasteiger partial charge in [0.1, 0.15) is 12.2 Å². The number of aryl methyl sites for hydroxylation is 1. The molecule has 1 aromatic rings. The van der Waals surface area contributed by atoms with Crippen molar-refractivity contribution in [3.05, 3.63) is 12.2 Å². The fourth-order valence-corrected chi connectivity index (χ4v) is 1.96. The molecule has 0 aliphatic carbocycles. The maximum Gasteiger partial charge on any atom is 0.138 e. The smallest absolute Gasteiger partial charge is 0.138 e. The van der Waals surface area contributed by atoms with Gasteiger partial charge in [-0.2, -0.15) is 5.10 Å². The van der Waals surface area contributed by atoms with Crippen LogP contribution < -0.4 is 0 Å². The molecule has 1 atom stereocenters. The zero-order chi connectivity index (χ0) is 12.5. The summed E-state index contributed by atoms with van der Waals surface area (Å²) in [7, 11) is 0. The molecule has 0 fully saturated rings. The van der Waals surface area contributed by atoms with E-state index in [9.17, 15) is 5.11 Å². The molecule has 4 heteroatoms. The van der Waals surface area contributed by atoms with Gasteiger partial charge < -0.3 is 5.11 Å². The highest BCUT2D eigenvalue weighted by Crippen LogP contribution is 2.09. The number of hydrogen-bond donors (Lipinski definition) is 1. The second-order valence-electron chi connectivity index (χ2n) is 4.61. The van der Waals surface area contributed by atoms with Gasteiger partial charge in [0.05, 0.1) is 6.10 Å². The number of aromatic nitrogens is 3. The fraction of sp³-hybridized carbons (Fsp3) is 0.846. The fourth-order valence-electron chi connectivity index (χ4n) is 1.96. The van der Waals surface area contributed by atoms with Gasteiger partial charge in [-0.05, 0) is 12.8 Å². The lowest BCUT2D eigenvalue weighted by Gasteiger charge is -2.10. The number of aliphatic hydroxyl groups is 1. The van der Waals surface area contributed by atoms with Gasteiger partial charge >= 0.3 is 0 Å². The highest BCUT2D eigenvalue weighted by atomic mass is 16.3. The maximum atomic E-state index is 9.93. The Morgan fingerprint density at radius 1 is 1.24 bits per heavy atom. The summed E-state index contributed by atoms with van der Waals surface area (Å²) in [5, 5.41) is 14.1. The number of rotatable bonds is 9. The van der Waals surface area contributed by atoms with Crippen molar-refractivity contribution in [2.75, 3.05) is 0 Å². The van der Waals surface area contributed by atoms with Crippen LogP contribution >= 0.6 is 0 Å². The van der Waals surface area contributed by atoms with E-state index in [0.29, 0.717) is 6.42 Å². The standard InChI is InChI=1S/C13H25N3O/c1-3-5-6-7-8-12(17)10-13-14-11-15-16(13)9-4-2/h11-12,17H,3-10H2,1-2H3. The molecule has 1 aromatic heterocycles. The first-order valence-corrected chi connectivity index (χ1v) is 6.82. The summed E-state index contributed by atoms with van der Waals surface area (Å²) in [5.41, 5.74) is 0. The molecule has 0 saturated carbocycles. The van der Waals surface area contributed by atoms with E-state index in [4.69, 9.17) is 0 Å². The van der Waals surface area contributed by atoms with E-state index in [2.05, 4.69) is 23.9 Å². The van der Waals surface area contributed by atoms with Crippen LogP contribution in [0.2, 0.25) is 0 Å². The van der Waals surface area contributed by atoms with Crippen molar-refractivity contribution < 1.29 is 5.11 Å². The Labute approximate surface area is 104 Å². The summed E-state index contributed by atoms with van der Waals surface area (Å²) in [6.45, 7) is 5.20. The first-order valence-electron chi connectivity index (χ1n) is 6.82. The summed E-state index contributed by atoms with van der Waals surface area (Å²) in [4.78, 5) is 4.21. The van der Waals surface area contributed by atoms with E-state index in [1.807, 2.05) is 4.68 Å². The Balaban J connectivity index is 2.29. The van der Waals surface area contributed by atoms with Crippen LogP contribution in [0.1, 0.15) is 58.2 Å². The van der Waals surface area contributed by atoms with Gasteiger partial charge in [0.2, 0.25) is 0 Å². The number of nitrogens with zero attached hydrogens (tertiary/aromatic N) is 3. The van der Waals surface area contributed by atoms with Crippen molar-refractivity contribution in [2.24, 2.45) is 0 Å². The minimum Gasteiger partial charge on any atom is -0.393 e. The summed E-state index contributed by atoms with van der Waals surface area (Å²) in [6, 6.07) is 0. The third kappa shape index (κ3) is 5.31. The topological polar surface area (TPSA) is 50.9 Å². The average molecular weight is 239 g/mol. The Bertz CT molecular complexity index is 299. The summed E-state index contributed by atoms with van der Waals surface area (Å²) >= 11 is 0. The van der Waals surface area contributed by atoms with E-state index >= 15 is 0 Å². The number of hydrogen-bond acceptors (Lipinski definition) is 3. The normalized spacial score (nSPS) is 12.9. The van der Waals surface area contributed by atoms with Crippen molar-refractivity contribution in [3.63, 3.8) is 0 Å². The van der Waals surface area contributed by atoms with Crippen molar-refractivity contribution >= 4 is 0 Å². The van der Waals surface area contributed by atoms with Gasteiger partial charge in [0.15, 0.2) is 0 Å². The molecule has 0 aromatic carbocycles. The van der Waals surface area contributed by atoms with Gasteiger partial charge in [-0.3, -0.25) is 4.68 Å². The van der Waals surface area contributed by atoms with Gasteiger partial charge in [-0.25, -0.2) is 4.98 Å². The van der Waals surface area contributed by atoms with Crippen molar-refractivity contribution in [3.8, 4) is 0 Å². The molecule has 0 saturated heterocycles. The zero-order valence-corrected chi connectivity index (χ0v) is 11.1. The summed E-state index contributed by atoms with van der Waals surface area (Å²) in [5.74, 6) is 0.912. The average Bonchev–Trinajstić information content (AvgIpc) is 2.73. The van der Waals surface area contributed by atoms with E-state index in [1.165, 1.54) is 19.3 Å². The molecule has 17 heavy (non-hydrogen) atoms. The van der Waals surface area contributed by atoms with E-state index in [-0.39, 0.29) is 6.10 Å². The second kappa shape index (κ2) is 8.23. The van der Waals surface area contributed by atoms with E-state index < -0.39 is 0 Å². The minimum absolute atomic E-state index is 0.272. The number of aliphatic hydroxyl groups excluding tert-OH is 1. The molecular formula is C13H25N3O. The highest BCUT2D eigenvalue weighted by molar-refractivity contribution is 4.87. The molecule has 4 nitrogen and oxygen atoms in total. The molecule has 1 heterocycles. The predicted octanol–water partition coefficient (Wildman–Crippen LogP) is 2.56. The van der Waals surface area contributed by atoms with Crippen LogP contribution in [0.5, 0.6) is 0 Å². The van der Waals surface area contributed by atoms with Crippen LogP contribution in [0.25, 0.3) is 0 Å². The third-order valence-electron chi connectivity index (χ3n) is 2.94. The Morgan fingerprint density at radius 3 is 2.76 bits per heavy atom. The summed E-state index contributed by atoms with van der Waals surface area (Å²) in [6.07, 6.45) is 8.68. The van der Waals surface area contributed by atoms with Crippen LogP contribution in [0.4, 0.5) is 0 Å². The second-order valence-corrected chi connectivity index (χ2v) is 4.61. The predicted molar refractivity (Wildman–Crippen MR) is 68.8 cm³/mol. The monoisotopic (exact) mass is 239 g/mol. The van der Waals surface area contributed by atoms with Crippen LogP contribution in [0.3, 0.4) is 0 Å². The molecule has 0 spiro atoms.